The van der Waals surface area contributed by atoms with Crippen LogP contribution in [0.1, 0.15) is 49.8 Å². The van der Waals surface area contributed by atoms with Crippen LogP contribution in [0.3, 0.4) is 0 Å². The topological polar surface area (TPSA) is 86.8 Å². The Kier molecular flexibility index (Phi) is 10.2. The Morgan fingerprint density at radius 1 is 1.06 bits per heavy atom. The van der Waals surface area contributed by atoms with Crippen molar-refractivity contribution in [2.75, 3.05) is 23.7 Å². The molecule has 9 heteroatoms. The van der Waals surface area contributed by atoms with Crippen molar-refractivity contribution in [1.29, 1.82) is 0 Å². The summed E-state index contributed by atoms with van der Waals surface area (Å²) < 4.78 is 39.8. The zero-order chi connectivity index (χ0) is 26.2. The average Bonchev–Trinajstić information content (AvgIpc) is 2.79. The maximum atomic E-state index is 13.4. The normalized spacial score (nSPS) is 12.2. The van der Waals surface area contributed by atoms with Gasteiger partial charge in [-0.05, 0) is 68.5 Å². The summed E-state index contributed by atoms with van der Waals surface area (Å²) in [4.78, 5) is 27.5. The van der Waals surface area contributed by atoms with Crippen LogP contribution in [-0.2, 0) is 26.2 Å². The van der Waals surface area contributed by atoms with Gasteiger partial charge in [-0.15, -0.1) is 0 Å². The third-order valence-corrected chi connectivity index (χ3v) is 6.97. The molecule has 0 aliphatic rings. The SMILES string of the molecule is CCNC(=O)[C@H](CC)N(Cc1ccc(F)cc1)C(=O)CCCN(c1cc(C)ccc1C)S(C)(=O)=O. The maximum Gasteiger partial charge on any atom is 0.242 e. The van der Waals surface area contributed by atoms with E-state index >= 15 is 0 Å². The Labute approximate surface area is 208 Å². The zero-order valence-corrected chi connectivity index (χ0v) is 22.0. The van der Waals surface area contributed by atoms with Crippen LogP contribution in [0.4, 0.5) is 10.1 Å². The summed E-state index contributed by atoms with van der Waals surface area (Å²) in [6.45, 7) is 8.11. The number of benzene rings is 2. The van der Waals surface area contributed by atoms with Gasteiger partial charge in [0.05, 0.1) is 11.9 Å². The Bertz CT molecular complexity index is 1120. The Morgan fingerprint density at radius 3 is 2.29 bits per heavy atom. The Balaban J connectivity index is 2.23. The highest BCUT2D eigenvalue weighted by atomic mass is 32.2. The molecule has 0 unspecified atom stereocenters. The minimum Gasteiger partial charge on any atom is -0.355 e. The number of nitrogens with one attached hydrogen (secondary N) is 1. The van der Waals surface area contributed by atoms with Crippen molar-refractivity contribution >= 4 is 27.5 Å². The van der Waals surface area contributed by atoms with Crippen LogP contribution in [0.25, 0.3) is 0 Å². The van der Waals surface area contributed by atoms with Crippen LogP contribution in [0.5, 0.6) is 0 Å². The van der Waals surface area contributed by atoms with E-state index in [0.29, 0.717) is 24.2 Å². The standard InChI is InChI=1S/C26H36FN3O4S/c1-6-23(26(32)28-7-2)29(18-21-12-14-22(27)15-13-21)25(31)9-8-16-30(35(5,33)34)24-17-19(3)10-11-20(24)4/h10-15,17,23H,6-9,16,18H2,1-5H3,(H,28,32)/t23-/m0/s1. The van der Waals surface area contributed by atoms with Gasteiger partial charge in [0, 0.05) is 26.1 Å². The largest absolute Gasteiger partial charge is 0.355 e. The first-order valence-electron chi connectivity index (χ1n) is 11.8. The van der Waals surface area contributed by atoms with E-state index < -0.39 is 16.1 Å². The van der Waals surface area contributed by atoms with Crippen molar-refractivity contribution in [3.05, 3.63) is 65.0 Å². The van der Waals surface area contributed by atoms with Gasteiger partial charge in [-0.2, -0.15) is 0 Å². The van der Waals surface area contributed by atoms with Gasteiger partial charge < -0.3 is 10.2 Å². The van der Waals surface area contributed by atoms with Crippen molar-refractivity contribution < 1.29 is 22.4 Å². The van der Waals surface area contributed by atoms with Crippen LogP contribution in [0.15, 0.2) is 42.5 Å². The fraction of sp³-hybridized carbons (Fsp3) is 0.462. The highest BCUT2D eigenvalue weighted by molar-refractivity contribution is 7.92. The predicted octanol–water partition coefficient (Wildman–Crippen LogP) is 3.93. The molecule has 0 heterocycles. The molecule has 0 aliphatic carbocycles. The molecule has 0 fully saturated rings. The number of amides is 2. The van der Waals surface area contributed by atoms with Crippen LogP contribution in [0.2, 0.25) is 0 Å². The second kappa shape index (κ2) is 12.7. The fourth-order valence-corrected chi connectivity index (χ4v) is 4.98. The van der Waals surface area contributed by atoms with E-state index in [4.69, 9.17) is 0 Å². The first-order valence-corrected chi connectivity index (χ1v) is 13.7. The lowest BCUT2D eigenvalue weighted by molar-refractivity contribution is -0.141. The van der Waals surface area contributed by atoms with Crippen LogP contribution >= 0.6 is 0 Å². The lowest BCUT2D eigenvalue weighted by Gasteiger charge is -2.31. The summed E-state index contributed by atoms with van der Waals surface area (Å²) in [5.41, 5.74) is 3.06. The highest BCUT2D eigenvalue weighted by Gasteiger charge is 2.28. The molecule has 192 valence electrons. The zero-order valence-electron chi connectivity index (χ0n) is 21.2. The Hall–Kier alpha value is -2.94. The molecule has 35 heavy (non-hydrogen) atoms. The second-order valence-corrected chi connectivity index (χ2v) is 10.6. The van der Waals surface area contributed by atoms with Gasteiger partial charge in [-0.25, -0.2) is 12.8 Å². The summed E-state index contributed by atoms with van der Waals surface area (Å²) in [5, 5.41) is 2.77. The van der Waals surface area contributed by atoms with Crippen molar-refractivity contribution in [1.82, 2.24) is 10.2 Å². The molecule has 2 amide bonds. The van der Waals surface area contributed by atoms with Gasteiger partial charge in [0.2, 0.25) is 21.8 Å². The number of carbonyl (C=O) groups is 2. The van der Waals surface area contributed by atoms with Gasteiger partial charge >= 0.3 is 0 Å². The molecule has 7 nitrogen and oxygen atoms in total. The number of hydrogen-bond donors (Lipinski definition) is 1. The van der Waals surface area contributed by atoms with Crippen molar-refractivity contribution in [2.24, 2.45) is 0 Å². The quantitative estimate of drug-likeness (QED) is 0.474. The summed E-state index contributed by atoms with van der Waals surface area (Å²) >= 11 is 0. The summed E-state index contributed by atoms with van der Waals surface area (Å²) in [6.07, 6.45) is 1.91. The number of carbonyl (C=O) groups excluding carboxylic acids is 2. The van der Waals surface area contributed by atoms with Crippen molar-refractivity contribution in [3.8, 4) is 0 Å². The molecule has 2 rings (SSSR count). The molecule has 0 spiro atoms. The van der Waals surface area contributed by atoms with Gasteiger partial charge in [-0.3, -0.25) is 13.9 Å². The molecular formula is C26H36FN3O4S. The Morgan fingerprint density at radius 2 is 1.71 bits per heavy atom. The number of rotatable bonds is 12. The first-order chi connectivity index (χ1) is 16.5. The van der Waals surface area contributed by atoms with E-state index in [1.807, 2.05) is 45.9 Å². The molecule has 1 N–H and O–H groups in total. The van der Waals surface area contributed by atoms with E-state index in [9.17, 15) is 22.4 Å². The molecule has 0 bridgehead atoms. The van der Waals surface area contributed by atoms with Crippen LogP contribution in [-0.4, -0.2) is 50.5 Å². The second-order valence-electron chi connectivity index (χ2n) is 8.70. The van der Waals surface area contributed by atoms with Crippen molar-refractivity contribution in [2.45, 2.75) is 59.5 Å². The number of nitrogens with zero attached hydrogens (tertiary/aromatic N) is 2. The number of hydrogen-bond acceptors (Lipinski definition) is 4. The minimum atomic E-state index is -3.56. The number of aryl methyl sites for hydroxylation is 2. The van der Waals surface area contributed by atoms with Gasteiger partial charge in [-0.1, -0.05) is 31.2 Å². The van der Waals surface area contributed by atoms with E-state index in [1.54, 1.807) is 12.1 Å². The van der Waals surface area contributed by atoms with E-state index in [-0.39, 0.29) is 43.6 Å². The molecule has 1 atom stereocenters. The lowest BCUT2D eigenvalue weighted by atomic mass is 10.1. The smallest absolute Gasteiger partial charge is 0.242 e. The average molecular weight is 506 g/mol. The number of likely N-dealkylation sites (N-methyl/N-ethyl adjacent to an activating group) is 1. The minimum absolute atomic E-state index is 0.0635. The molecule has 2 aromatic rings. The van der Waals surface area contributed by atoms with Crippen LogP contribution < -0.4 is 9.62 Å². The van der Waals surface area contributed by atoms with Gasteiger partial charge in [0.1, 0.15) is 11.9 Å². The number of halogens is 1. The van der Waals surface area contributed by atoms with Gasteiger partial charge in [0.25, 0.3) is 0 Å². The number of sulfonamides is 1. The van der Waals surface area contributed by atoms with Gasteiger partial charge in [0.15, 0.2) is 0 Å². The molecule has 0 aromatic heterocycles. The third kappa shape index (κ3) is 8.06. The third-order valence-electron chi connectivity index (χ3n) is 5.79. The maximum absolute atomic E-state index is 13.4. The fourth-order valence-electron chi connectivity index (χ4n) is 3.97. The molecule has 0 saturated carbocycles. The lowest BCUT2D eigenvalue weighted by Crippen LogP contribution is -2.49. The summed E-state index contributed by atoms with van der Waals surface area (Å²) in [7, 11) is -3.56. The van der Waals surface area contributed by atoms with E-state index in [1.165, 1.54) is 21.3 Å². The highest BCUT2D eigenvalue weighted by Crippen LogP contribution is 2.25. The predicted molar refractivity (Wildman–Crippen MR) is 137 cm³/mol. The van der Waals surface area contributed by atoms with Crippen molar-refractivity contribution in [3.63, 3.8) is 0 Å². The summed E-state index contributed by atoms with van der Waals surface area (Å²) in [5.74, 6) is -0.893. The van der Waals surface area contributed by atoms with E-state index in [2.05, 4.69) is 5.32 Å². The molecule has 0 radical (unpaired) electrons. The molecule has 0 saturated heterocycles. The first kappa shape index (κ1) is 28.3. The number of anilines is 1. The molecule has 0 aliphatic heterocycles. The van der Waals surface area contributed by atoms with E-state index in [0.717, 1.165) is 17.4 Å². The monoisotopic (exact) mass is 505 g/mol. The molecular weight excluding hydrogens is 469 g/mol. The summed E-state index contributed by atoms with van der Waals surface area (Å²) in [6, 6.07) is 10.7. The molecule has 2 aromatic carbocycles. The van der Waals surface area contributed by atoms with Crippen LogP contribution in [0, 0.1) is 19.7 Å².